The standard InChI is InChI=1S/C16H21NO4/c1-16(2)8-7-13(11-5-3-4-6-12(11)16)17(9-14(18)19)10-15(20)21/h3-6,13H,7-10H2,1-2H3,(H,18,19)(H,20,21). The van der Waals surface area contributed by atoms with E-state index in [2.05, 4.69) is 19.9 Å². The maximum atomic E-state index is 11.0. The van der Waals surface area contributed by atoms with Gasteiger partial charge in [0.2, 0.25) is 0 Å². The van der Waals surface area contributed by atoms with Crippen molar-refractivity contribution in [2.24, 2.45) is 0 Å². The van der Waals surface area contributed by atoms with Crippen LogP contribution in [0.1, 0.15) is 43.9 Å². The minimum atomic E-state index is -1.00. The Labute approximate surface area is 124 Å². The van der Waals surface area contributed by atoms with Crippen molar-refractivity contribution in [1.82, 2.24) is 4.90 Å². The van der Waals surface area contributed by atoms with E-state index in [1.54, 1.807) is 4.90 Å². The number of hydrogen-bond acceptors (Lipinski definition) is 3. The molecule has 0 radical (unpaired) electrons. The van der Waals surface area contributed by atoms with Crippen molar-refractivity contribution >= 4 is 11.9 Å². The van der Waals surface area contributed by atoms with E-state index >= 15 is 0 Å². The van der Waals surface area contributed by atoms with Crippen LogP contribution in [0.5, 0.6) is 0 Å². The minimum Gasteiger partial charge on any atom is -0.480 e. The smallest absolute Gasteiger partial charge is 0.317 e. The van der Waals surface area contributed by atoms with Crippen LogP contribution in [0.4, 0.5) is 0 Å². The Morgan fingerprint density at radius 2 is 1.76 bits per heavy atom. The Hall–Kier alpha value is -1.88. The third-order valence-electron chi connectivity index (χ3n) is 4.21. The number of carbonyl (C=O) groups is 2. The van der Waals surface area contributed by atoms with Crippen LogP contribution in [0.25, 0.3) is 0 Å². The second-order valence-electron chi connectivity index (χ2n) is 6.22. The van der Waals surface area contributed by atoms with Crippen molar-refractivity contribution in [3.8, 4) is 0 Å². The number of carboxylic acid groups (broad SMARTS) is 2. The quantitative estimate of drug-likeness (QED) is 0.870. The van der Waals surface area contributed by atoms with Crippen LogP contribution >= 0.6 is 0 Å². The van der Waals surface area contributed by atoms with Gasteiger partial charge >= 0.3 is 11.9 Å². The lowest BCUT2D eigenvalue weighted by Gasteiger charge is -2.41. The summed E-state index contributed by atoms with van der Waals surface area (Å²) in [6.45, 7) is 3.82. The van der Waals surface area contributed by atoms with Crippen molar-refractivity contribution in [2.45, 2.75) is 38.1 Å². The number of carboxylic acids is 2. The molecule has 2 rings (SSSR count). The molecule has 0 aliphatic heterocycles. The van der Waals surface area contributed by atoms with E-state index in [4.69, 9.17) is 10.2 Å². The molecule has 1 aromatic rings. The molecule has 5 nitrogen and oxygen atoms in total. The van der Waals surface area contributed by atoms with Gasteiger partial charge in [0.25, 0.3) is 0 Å². The Morgan fingerprint density at radius 3 is 2.33 bits per heavy atom. The number of hydrogen-bond donors (Lipinski definition) is 2. The zero-order valence-corrected chi connectivity index (χ0v) is 12.4. The molecule has 2 N–H and O–H groups in total. The monoisotopic (exact) mass is 291 g/mol. The zero-order chi connectivity index (χ0) is 15.6. The molecule has 1 atom stereocenters. The number of fused-ring (bicyclic) bond motifs is 1. The van der Waals surface area contributed by atoms with Gasteiger partial charge in [-0.2, -0.15) is 0 Å². The van der Waals surface area contributed by atoms with Gasteiger partial charge in [-0.3, -0.25) is 14.5 Å². The lowest BCUT2D eigenvalue weighted by atomic mass is 9.70. The van der Waals surface area contributed by atoms with E-state index in [1.165, 1.54) is 5.56 Å². The van der Waals surface area contributed by atoms with Gasteiger partial charge in [0.15, 0.2) is 0 Å². The first-order valence-electron chi connectivity index (χ1n) is 7.08. The van der Waals surface area contributed by atoms with Crippen LogP contribution in [0, 0.1) is 0 Å². The molecule has 21 heavy (non-hydrogen) atoms. The van der Waals surface area contributed by atoms with E-state index in [9.17, 15) is 9.59 Å². The first-order chi connectivity index (χ1) is 9.81. The molecule has 0 bridgehead atoms. The van der Waals surface area contributed by atoms with E-state index in [-0.39, 0.29) is 24.5 Å². The first kappa shape index (κ1) is 15.5. The summed E-state index contributed by atoms with van der Waals surface area (Å²) in [5, 5.41) is 18.1. The third kappa shape index (κ3) is 3.42. The summed E-state index contributed by atoms with van der Waals surface area (Å²) in [4.78, 5) is 23.6. The molecule has 0 aromatic heterocycles. The Morgan fingerprint density at radius 1 is 1.19 bits per heavy atom. The van der Waals surface area contributed by atoms with Crippen molar-refractivity contribution in [3.63, 3.8) is 0 Å². The first-order valence-corrected chi connectivity index (χ1v) is 7.08. The highest BCUT2D eigenvalue weighted by Gasteiger charge is 2.36. The highest BCUT2D eigenvalue weighted by Crippen LogP contribution is 2.43. The molecule has 0 heterocycles. The molecular formula is C16H21NO4. The molecule has 1 aliphatic rings. The summed E-state index contributed by atoms with van der Waals surface area (Å²) in [6, 6.07) is 7.79. The highest BCUT2D eigenvalue weighted by atomic mass is 16.4. The largest absolute Gasteiger partial charge is 0.480 e. The number of nitrogens with zero attached hydrogens (tertiary/aromatic N) is 1. The van der Waals surface area contributed by atoms with Gasteiger partial charge in [-0.05, 0) is 29.4 Å². The number of benzene rings is 1. The highest BCUT2D eigenvalue weighted by molar-refractivity contribution is 5.72. The fraction of sp³-hybridized carbons (Fsp3) is 0.500. The van der Waals surface area contributed by atoms with Crippen molar-refractivity contribution in [1.29, 1.82) is 0 Å². The zero-order valence-electron chi connectivity index (χ0n) is 12.4. The van der Waals surface area contributed by atoms with Crippen LogP contribution in [-0.4, -0.2) is 40.1 Å². The Bertz CT molecular complexity index is 537. The normalized spacial score (nSPS) is 20.0. The summed E-state index contributed by atoms with van der Waals surface area (Å²) in [7, 11) is 0. The predicted molar refractivity (Wildman–Crippen MR) is 78.3 cm³/mol. The fourth-order valence-electron chi connectivity index (χ4n) is 3.19. The average molecular weight is 291 g/mol. The molecule has 5 heteroatoms. The molecule has 1 unspecified atom stereocenters. The Kier molecular flexibility index (Phi) is 4.32. The summed E-state index contributed by atoms with van der Waals surface area (Å²) >= 11 is 0. The molecule has 0 saturated carbocycles. The van der Waals surface area contributed by atoms with Gasteiger partial charge < -0.3 is 10.2 Å². The van der Waals surface area contributed by atoms with E-state index in [0.29, 0.717) is 0 Å². The molecule has 1 aliphatic carbocycles. The van der Waals surface area contributed by atoms with Crippen LogP contribution in [-0.2, 0) is 15.0 Å². The van der Waals surface area contributed by atoms with Crippen LogP contribution in [0.3, 0.4) is 0 Å². The number of aliphatic carboxylic acids is 2. The molecule has 1 aromatic carbocycles. The van der Waals surface area contributed by atoms with E-state index < -0.39 is 11.9 Å². The minimum absolute atomic E-state index is 0.0329. The molecule has 0 fully saturated rings. The Balaban J connectivity index is 2.38. The van der Waals surface area contributed by atoms with Crippen LogP contribution in [0.2, 0.25) is 0 Å². The van der Waals surface area contributed by atoms with Crippen LogP contribution in [0.15, 0.2) is 24.3 Å². The van der Waals surface area contributed by atoms with Crippen molar-refractivity contribution in [2.75, 3.05) is 13.1 Å². The van der Waals surface area contributed by atoms with Gasteiger partial charge in [-0.25, -0.2) is 0 Å². The molecular weight excluding hydrogens is 270 g/mol. The van der Waals surface area contributed by atoms with Gasteiger partial charge in [0, 0.05) is 6.04 Å². The summed E-state index contributed by atoms with van der Waals surface area (Å²) < 4.78 is 0. The molecule has 0 saturated heterocycles. The molecule has 0 amide bonds. The van der Waals surface area contributed by atoms with E-state index in [0.717, 1.165) is 18.4 Å². The van der Waals surface area contributed by atoms with Gasteiger partial charge in [-0.1, -0.05) is 38.1 Å². The summed E-state index contributed by atoms with van der Waals surface area (Å²) in [5.41, 5.74) is 2.27. The second-order valence-corrected chi connectivity index (χ2v) is 6.22. The average Bonchev–Trinajstić information content (AvgIpc) is 2.37. The van der Waals surface area contributed by atoms with E-state index in [1.807, 2.05) is 18.2 Å². The summed E-state index contributed by atoms with van der Waals surface area (Å²) in [5.74, 6) is -2.00. The number of rotatable bonds is 5. The fourth-order valence-corrected chi connectivity index (χ4v) is 3.19. The lowest BCUT2D eigenvalue weighted by Crippen LogP contribution is -2.41. The topological polar surface area (TPSA) is 77.8 Å². The molecule has 0 spiro atoms. The van der Waals surface area contributed by atoms with Gasteiger partial charge in [0.1, 0.15) is 0 Å². The maximum absolute atomic E-state index is 11.0. The van der Waals surface area contributed by atoms with Crippen molar-refractivity contribution < 1.29 is 19.8 Å². The molecule has 114 valence electrons. The van der Waals surface area contributed by atoms with Crippen molar-refractivity contribution in [3.05, 3.63) is 35.4 Å². The maximum Gasteiger partial charge on any atom is 0.317 e. The van der Waals surface area contributed by atoms with Crippen LogP contribution < -0.4 is 0 Å². The third-order valence-corrected chi connectivity index (χ3v) is 4.21. The SMILES string of the molecule is CC1(C)CCC(N(CC(=O)O)CC(=O)O)c2ccccc21. The predicted octanol–water partition coefficient (Wildman–Crippen LogP) is 2.27. The summed E-state index contributed by atoms with van der Waals surface area (Å²) in [6.07, 6.45) is 1.68. The van der Waals surface area contributed by atoms with Gasteiger partial charge in [-0.15, -0.1) is 0 Å². The second kappa shape index (κ2) is 5.85. The lowest BCUT2D eigenvalue weighted by molar-refractivity contribution is -0.143. The van der Waals surface area contributed by atoms with Gasteiger partial charge in [0.05, 0.1) is 13.1 Å².